The van der Waals surface area contributed by atoms with Crippen LogP contribution in [0.4, 0.5) is 0 Å². The molecule has 0 aliphatic rings. The van der Waals surface area contributed by atoms with Crippen LogP contribution in [0.1, 0.15) is 13.3 Å². The highest BCUT2D eigenvalue weighted by atomic mass is 35.5. The topological polar surface area (TPSA) is 26.0 Å². The van der Waals surface area contributed by atoms with E-state index in [0.717, 1.165) is 6.42 Å². The summed E-state index contributed by atoms with van der Waals surface area (Å²) in [7, 11) is 0. The molecule has 0 aromatic heterocycles. The molecule has 0 amide bonds. The fourth-order valence-corrected chi connectivity index (χ4v) is 0.369. The first kappa shape index (κ1) is 6.83. The SMILES string of the molecule is CC(Cl)C/C=C/N. The molecule has 1 unspecified atom stereocenters. The molecular formula is C5H10ClN. The summed E-state index contributed by atoms with van der Waals surface area (Å²) >= 11 is 5.55. The van der Waals surface area contributed by atoms with Crippen LogP contribution in [0, 0.1) is 0 Å². The molecule has 0 saturated carbocycles. The zero-order valence-corrected chi connectivity index (χ0v) is 5.15. The van der Waals surface area contributed by atoms with Gasteiger partial charge in [0.15, 0.2) is 0 Å². The highest BCUT2D eigenvalue weighted by Gasteiger charge is 1.87. The average Bonchev–Trinajstić information content (AvgIpc) is 1.61. The molecule has 0 bridgehead atoms. The third-order valence-electron chi connectivity index (χ3n) is 0.597. The van der Waals surface area contributed by atoms with Crippen LogP contribution < -0.4 is 5.73 Å². The number of nitrogens with two attached hydrogens (primary N) is 1. The molecule has 7 heavy (non-hydrogen) atoms. The summed E-state index contributed by atoms with van der Waals surface area (Å²) in [6.45, 7) is 1.93. The van der Waals surface area contributed by atoms with E-state index in [0.29, 0.717) is 0 Å². The van der Waals surface area contributed by atoms with Gasteiger partial charge in [-0.05, 0) is 19.5 Å². The summed E-state index contributed by atoms with van der Waals surface area (Å²) in [4.78, 5) is 0. The van der Waals surface area contributed by atoms with Gasteiger partial charge in [0, 0.05) is 5.38 Å². The minimum absolute atomic E-state index is 0.208. The molecule has 0 spiro atoms. The summed E-state index contributed by atoms with van der Waals surface area (Å²) in [5, 5.41) is 0.208. The fourth-order valence-electron chi connectivity index (χ4n) is 0.266. The maximum Gasteiger partial charge on any atom is 0.0342 e. The van der Waals surface area contributed by atoms with Gasteiger partial charge in [-0.25, -0.2) is 0 Å². The van der Waals surface area contributed by atoms with Gasteiger partial charge < -0.3 is 5.73 Å². The molecule has 1 atom stereocenters. The molecule has 42 valence electrons. The van der Waals surface area contributed by atoms with Crippen LogP contribution in [0.25, 0.3) is 0 Å². The van der Waals surface area contributed by atoms with E-state index >= 15 is 0 Å². The standard InChI is InChI=1S/C5H10ClN/c1-5(6)3-2-4-7/h2,4-5H,3,7H2,1H3/b4-2+. The molecule has 0 rings (SSSR count). The quantitative estimate of drug-likeness (QED) is 0.548. The number of allylic oxidation sites excluding steroid dienone is 1. The predicted molar refractivity (Wildman–Crippen MR) is 33.3 cm³/mol. The van der Waals surface area contributed by atoms with Gasteiger partial charge in [-0.2, -0.15) is 0 Å². The first-order chi connectivity index (χ1) is 3.27. The Kier molecular flexibility index (Phi) is 3.90. The lowest BCUT2D eigenvalue weighted by molar-refractivity contribution is 0.966. The lowest BCUT2D eigenvalue weighted by atomic mass is 10.3. The lowest BCUT2D eigenvalue weighted by Gasteiger charge is -1.90. The first-order valence-corrected chi connectivity index (χ1v) is 2.72. The van der Waals surface area contributed by atoms with Crippen LogP contribution in [0.5, 0.6) is 0 Å². The minimum Gasteiger partial charge on any atom is -0.405 e. The van der Waals surface area contributed by atoms with Gasteiger partial charge in [0.1, 0.15) is 0 Å². The Balaban J connectivity index is 2.97. The predicted octanol–water partition coefficient (Wildman–Crippen LogP) is 1.48. The Morgan fingerprint density at radius 1 is 1.86 bits per heavy atom. The minimum atomic E-state index is 0.208. The smallest absolute Gasteiger partial charge is 0.0342 e. The van der Waals surface area contributed by atoms with Crippen molar-refractivity contribution >= 4 is 11.6 Å². The highest BCUT2D eigenvalue weighted by Crippen LogP contribution is 1.98. The maximum atomic E-state index is 5.55. The highest BCUT2D eigenvalue weighted by molar-refractivity contribution is 6.20. The molecule has 0 aliphatic carbocycles. The van der Waals surface area contributed by atoms with Crippen molar-refractivity contribution in [2.24, 2.45) is 5.73 Å². The van der Waals surface area contributed by atoms with Gasteiger partial charge in [-0.3, -0.25) is 0 Å². The molecule has 2 N–H and O–H groups in total. The maximum absolute atomic E-state index is 5.55. The van der Waals surface area contributed by atoms with Gasteiger partial charge in [-0.15, -0.1) is 11.6 Å². The van der Waals surface area contributed by atoms with Crippen LogP contribution in [-0.2, 0) is 0 Å². The Labute approximate surface area is 49.2 Å². The Bertz CT molecular complexity index is 59.1. The lowest BCUT2D eigenvalue weighted by Crippen LogP contribution is -1.86. The second-order valence-corrected chi connectivity index (χ2v) is 2.19. The van der Waals surface area contributed by atoms with E-state index in [9.17, 15) is 0 Å². The van der Waals surface area contributed by atoms with Crippen molar-refractivity contribution in [1.82, 2.24) is 0 Å². The summed E-state index contributed by atoms with van der Waals surface area (Å²) in [5.74, 6) is 0. The van der Waals surface area contributed by atoms with Crippen molar-refractivity contribution < 1.29 is 0 Å². The first-order valence-electron chi connectivity index (χ1n) is 2.28. The second kappa shape index (κ2) is 4.00. The Morgan fingerprint density at radius 3 is 2.57 bits per heavy atom. The fraction of sp³-hybridized carbons (Fsp3) is 0.600. The van der Waals surface area contributed by atoms with Gasteiger partial charge in [0.05, 0.1) is 0 Å². The van der Waals surface area contributed by atoms with Gasteiger partial charge in [-0.1, -0.05) is 6.08 Å². The van der Waals surface area contributed by atoms with Crippen LogP contribution in [-0.4, -0.2) is 5.38 Å². The third-order valence-corrected chi connectivity index (χ3v) is 0.775. The molecular weight excluding hydrogens is 110 g/mol. The Hall–Kier alpha value is -0.170. The molecule has 0 saturated heterocycles. The number of rotatable bonds is 2. The Morgan fingerprint density at radius 2 is 2.43 bits per heavy atom. The number of alkyl halides is 1. The van der Waals surface area contributed by atoms with E-state index in [4.69, 9.17) is 17.3 Å². The monoisotopic (exact) mass is 119 g/mol. The molecule has 2 heteroatoms. The van der Waals surface area contributed by atoms with E-state index in [2.05, 4.69) is 0 Å². The number of halogens is 1. The number of hydrogen-bond donors (Lipinski definition) is 1. The summed E-state index contributed by atoms with van der Waals surface area (Å²) in [6, 6.07) is 0. The van der Waals surface area contributed by atoms with Gasteiger partial charge >= 0.3 is 0 Å². The molecule has 0 aromatic carbocycles. The summed E-state index contributed by atoms with van der Waals surface area (Å²) < 4.78 is 0. The molecule has 0 aromatic rings. The van der Waals surface area contributed by atoms with E-state index in [1.54, 1.807) is 0 Å². The zero-order valence-electron chi connectivity index (χ0n) is 4.39. The van der Waals surface area contributed by atoms with Gasteiger partial charge in [0.25, 0.3) is 0 Å². The van der Waals surface area contributed by atoms with Crippen LogP contribution in [0.2, 0.25) is 0 Å². The van der Waals surface area contributed by atoms with Crippen molar-refractivity contribution in [3.05, 3.63) is 12.3 Å². The van der Waals surface area contributed by atoms with E-state index in [1.807, 2.05) is 13.0 Å². The van der Waals surface area contributed by atoms with Crippen molar-refractivity contribution in [3.63, 3.8) is 0 Å². The molecule has 0 radical (unpaired) electrons. The third kappa shape index (κ3) is 5.83. The molecule has 0 aliphatic heterocycles. The van der Waals surface area contributed by atoms with Crippen LogP contribution in [0.3, 0.4) is 0 Å². The second-order valence-electron chi connectivity index (χ2n) is 1.44. The number of hydrogen-bond acceptors (Lipinski definition) is 1. The molecule has 0 fully saturated rings. The largest absolute Gasteiger partial charge is 0.405 e. The van der Waals surface area contributed by atoms with Crippen LogP contribution >= 0.6 is 11.6 Å². The van der Waals surface area contributed by atoms with E-state index in [-0.39, 0.29) is 5.38 Å². The average molecular weight is 120 g/mol. The van der Waals surface area contributed by atoms with Crippen molar-refractivity contribution in [3.8, 4) is 0 Å². The van der Waals surface area contributed by atoms with E-state index in [1.165, 1.54) is 6.20 Å². The zero-order chi connectivity index (χ0) is 5.70. The van der Waals surface area contributed by atoms with Crippen molar-refractivity contribution in [2.45, 2.75) is 18.7 Å². The van der Waals surface area contributed by atoms with Crippen molar-refractivity contribution in [2.75, 3.05) is 0 Å². The van der Waals surface area contributed by atoms with E-state index < -0.39 is 0 Å². The van der Waals surface area contributed by atoms with Crippen LogP contribution in [0.15, 0.2) is 12.3 Å². The normalized spacial score (nSPS) is 15.1. The van der Waals surface area contributed by atoms with Gasteiger partial charge in [0.2, 0.25) is 0 Å². The molecule has 1 nitrogen and oxygen atoms in total. The van der Waals surface area contributed by atoms with Crippen molar-refractivity contribution in [1.29, 1.82) is 0 Å². The molecule has 0 heterocycles. The summed E-state index contributed by atoms with van der Waals surface area (Å²) in [6.07, 6.45) is 4.22. The summed E-state index contributed by atoms with van der Waals surface area (Å²) in [5.41, 5.74) is 5.04.